The average Bonchev–Trinajstić information content (AvgIpc) is 1.77. The van der Waals surface area contributed by atoms with E-state index in [9.17, 15) is 4.79 Å². The zero-order valence-electron chi connectivity index (χ0n) is 5.33. The lowest BCUT2D eigenvalue weighted by Gasteiger charge is -2.29. The predicted molar refractivity (Wildman–Crippen MR) is 31.9 cm³/mol. The molecule has 0 aromatic carbocycles. The van der Waals surface area contributed by atoms with Gasteiger partial charge in [0, 0.05) is 7.11 Å². The summed E-state index contributed by atoms with van der Waals surface area (Å²) in [6.07, 6.45) is 3.62. The molecule has 0 spiro atoms. The molecule has 0 radical (unpaired) electrons. The Morgan fingerprint density at radius 3 is 2.78 bits per heavy atom. The molecule has 9 heavy (non-hydrogen) atoms. The molecule has 0 aromatic rings. The monoisotopic (exact) mass is 127 g/mol. The van der Waals surface area contributed by atoms with Crippen molar-refractivity contribution in [1.29, 1.82) is 0 Å². The molecule has 1 aliphatic carbocycles. The smallest absolute Gasteiger partial charge is 0.235 e. The first-order valence-corrected chi connectivity index (χ1v) is 2.96. The lowest BCUT2D eigenvalue weighted by atomic mass is 9.90. The molecule has 3 heteroatoms. The number of hydrogen-bond donors (Lipinski definition) is 0. The molecule has 0 aliphatic heterocycles. The van der Waals surface area contributed by atoms with Gasteiger partial charge in [0.15, 0.2) is 0 Å². The minimum Gasteiger partial charge on any atom is -0.381 e. The second-order valence-electron chi connectivity index (χ2n) is 2.20. The number of isocyanates is 1. The normalized spacial score (nSPS) is 32.6. The maximum atomic E-state index is 9.67. The van der Waals surface area contributed by atoms with E-state index >= 15 is 0 Å². The summed E-state index contributed by atoms with van der Waals surface area (Å²) in [5.74, 6) is 0. The molecule has 1 aliphatic rings. The second-order valence-corrected chi connectivity index (χ2v) is 2.20. The van der Waals surface area contributed by atoms with Gasteiger partial charge in [-0.25, -0.2) is 9.79 Å². The van der Waals surface area contributed by atoms with Gasteiger partial charge >= 0.3 is 0 Å². The van der Waals surface area contributed by atoms with Crippen LogP contribution in [0.2, 0.25) is 0 Å². The Bertz CT molecular complexity index is 134. The summed E-state index contributed by atoms with van der Waals surface area (Å²) in [5.41, 5.74) is 0. The quantitative estimate of drug-likeness (QED) is 0.400. The molecule has 0 aromatic heterocycles. The van der Waals surface area contributed by atoms with Gasteiger partial charge in [-0.1, -0.05) is 0 Å². The summed E-state index contributed by atoms with van der Waals surface area (Å²) in [7, 11) is 1.67. The standard InChI is InChI=1S/C6H9NO2/c1-9-6-2-5(3-6)7-4-8/h5-6H,2-3H2,1H3. The van der Waals surface area contributed by atoms with E-state index < -0.39 is 0 Å². The van der Waals surface area contributed by atoms with Gasteiger partial charge in [-0.2, -0.15) is 0 Å². The van der Waals surface area contributed by atoms with Crippen LogP contribution in [0.3, 0.4) is 0 Å². The summed E-state index contributed by atoms with van der Waals surface area (Å²) in [6, 6.07) is 0.187. The highest BCUT2D eigenvalue weighted by atomic mass is 16.5. The Morgan fingerprint density at radius 2 is 2.33 bits per heavy atom. The van der Waals surface area contributed by atoms with Crippen molar-refractivity contribution in [3.63, 3.8) is 0 Å². The molecule has 0 heterocycles. The van der Waals surface area contributed by atoms with Crippen LogP contribution in [0.25, 0.3) is 0 Å². The van der Waals surface area contributed by atoms with Gasteiger partial charge in [0.25, 0.3) is 0 Å². The van der Waals surface area contributed by atoms with Crippen LogP contribution in [0.15, 0.2) is 4.99 Å². The number of hydrogen-bond acceptors (Lipinski definition) is 3. The third-order valence-corrected chi connectivity index (χ3v) is 1.64. The molecule has 1 fully saturated rings. The molecule has 0 atom stereocenters. The fraction of sp³-hybridized carbons (Fsp3) is 0.833. The Hall–Kier alpha value is -0.660. The first-order valence-electron chi connectivity index (χ1n) is 2.96. The third-order valence-electron chi connectivity index (χ3n) is 1.64. The van der Waals surface area contributed by atoms with Crippen LogP contribution >= 0.6 is 0 Å². The Morgan fingerprint density at radius 1 is 1.67 bits per heavy atom. The fourth-order valence-electron chi connectivity index (χ4n) is 0.910. The van der Waals surface area contributed by atoms with Crippen LogP contribution < -0.4 is 0 Å². The zero-order valence-corrected chi connectivity index (χ0v) is 5.33. The molecule has 50 valence electrons. The zero-order chi connectivity index (χ0) is 6.69. The van der Waals surface area contributed by atoms with E-state index in [1.54, 1.807) is 7.11 Å². The van der Waals surface area contributed by atoms with E-state index in [-0.39, 0.29) is 6.04 Å². The van der Waals surface area contributed by atoms with Gasteiger partial charge in [-0.3, -0.25) is 0 Å². The van der Waals surface area contributed by atoms with Gasteiger partial charge in [0.1, 0.15) is 0 Å². The van der Waals surface area contributed by atoms with E-state index in [1.165, 1.54) is 6.08 Å². The highest BCUT2D eigenvalue weighted by Gasteiger charge is 2.28. The number of aliphatic imine (C=N–C) groups is 1. The summed E-state index contributed by atoms with van der Waals surface area (Å²) in [5, 5.41) is 0. The first-order chi connectivity index (χ1) is 4.36. The van der Waals surface area contributed by atoms with Crippen molar-refractivity contribution >= 4 is 6.08 Å². The summed E-state index contributed by atoms with van der Waals surface area (Å²) in [6.45, 7) is 0. The van der Waals surface area contributed by atoms with Crippen molar-refractivity contribution in [2.24, 2.45) is 4.99 Å². The van der Waals surface area contributed by atoms with Crippen LogP contribution in [0.5, 0.6) is 0 Å². The van der Waals surface area contributed by atoms with E-state index in [0.717, 1.165) is 12.8 Å². The van der Waals surface area contributed by atoms with E-state index in [1.807, 2.05) is 0 Å². The van der Waals surface area contributed by atoms with Gasteiger partial charge in [-0.05, 0) is 12.8 Å². The molecule has 0 N–H and O–H groups in total. The summed E-state index contributed by atoms with van der Waals surface area (Å²) >= 11 is 0. The van der Waals surface area contributed by atoms with Crippen molar-refractivity contribution in [3.8, 4) is 0 Å². The lowest BCUT2D eigenvalue weighted by molar-refractivity contribution is 0.0285. The minimum atomic E-state index is 0.187. The highest BCUT2D eigenvalue weighted by molar-refractivity contribution is 5.34. The summed E-state index contributed by atoms with van der Waals surface area (Å²) in [4.78, 5) is 13.2. The first kappa shape index (κ1) is 6.46. The maximum Gasteiger partial charge on any atom is 0.235 e. The number of rotatable bonds is 2. The van der Waals surface area contributed by atoms with E-state index in [2.05, 4.69) is 4.99 Å². The molecule has 0 bridgehead atoms. The van der Waals surface area contributed by atoms with Crippen LogP contribution in [-0.4, -0.2) is 25.3 Å². The number of methoxy groups -OCH3 is 1. The SMILES string of the molecule is COC1CC(N=C=O)C1. The van der Waals surface area contributed by atoms with Crippen LogP contribution in [0, 0.1) is 0 Å². The Labute approximate surface area is 53.7 Å². The van der Waals surface area contributed by atoms with Crippen molar-refractivity contribution in [2.45, 2.75) is 25.0 Å². The Balaban J connectivity index is 2.19. The topological polar surface area (TPSA) is 38.7 Å². The molecule has 1 saturated carbocycles. The molecular weight excluding hydrogens is 118 g/mol. The van der Waals surface area contributed by atoms with Crippen molar-refractivity contribution < 1.29 is 9.53 Å². The number of carbonyl (C=O) groups excluding carboxylic acids is 1. The summed E-state index contributed by atoms with van der Waals surface area (Å²) < 4.78 is 4.97. The molecule has 0 saturated heterocycles. The number of nitrogens with zero attached hydrogens (tertiary/aromatic N) is 1. The average molecular weight is 127 g/mol. The number of ether oxygens (including phenoxy) is 1. The molecule has 0 amide bonds. The van der Waals surface area contributed by atoms with Crippen LogP contribution in [0.4, 0.5) is 0 Å². The molecule has 0 unspecified atom stereocenters. The van der Waals surface area contributed by atoms with Crippen LogP contribution in [0.1, 0.15) is 12.8 Å². The van der Waals surface area contributed by atoms with Crippen molar-refractivity contribution in [3.05, 3.63) is 0 Å². The van der Waals surface area contributed by atoms with Crippen molar-refractivity contribution in [2.75, 3.05) is 7.11 Å². The Kier molecular flexibility index (Phi) is 1.98. The van der Waals surface area contributed by atoms with Gasteiger partial charge < -0.3 is 4.74 Å². The lowest BCUT2D eigenvalue weighted by Crippen LogP contribution is -2.33. The second kappa shape index (κ2) is 2.76. The van der Waals surface area contributed by atoms with Gasteiger partial charge in [0.05, 0.1) is 12.1 Å². The largest absolute Gasteiger partial charge is 0.381 e. The van der Waals surface area contributed by atoms with Gasteiger partial charge in [0.2, 0.25) is 6.08 Å². The van der Waals surface area contributed by atoms with E-state index in [4.69, 9.17) is 4.74 Å². The van der Waals surface area contributed by atoms with Gasteiger partial charge in [-0.15, -0.1) is 0 Å². The van der Waals surface area contributed by atoms with Crippen molar-refractivity contribution in [1.82, 2.24) is 0 Å². The molecular formula is C6H9NO2. The molecule has 3 nitrogen and oxygen atoms in total. The van der Waals surface area contributed by atoms with E-state index in [0.29, 0.717) is 6.10 Å². The third kappa shape index (κ3) is 1.37. The molecule has 1 rings (SSSR count). The highest BCUT2D eigenvalue weighted by Crippen LogP contribution is 2.24. The fourth-order valence-corrected chi connectivity index (χ4v) is 0.910. The predicted octanol–water partition coefficient (Wildman–Crippen LogP) is 0.500. The maximum absolute atomic E-state index is 9.67. The minimum absolute atomic E-state index is 0.187. The van der Waals surface area contributed by atoms with Crippen LogP contribution in [-0.2, 0) is 9.53 Å².